The first-order chi connectivity index (χ1) is 9.20. The predicted octanol–water partition coefficient (Wildman–Crippen LogP) is 3.12. The Labute approximate surface area is 114 Å². The quantitative estimate of drug-likeness (QED) is 0.845. The Bertz CT molecular complexity index is 479. The molecule has 1 heterocycles. The van der Waals surface area contributed by atoms with Crippen molar-refractivity contribution in [1.29, 1.82) is 0 Å². The number of nitrogen functional groups attached to an aromatic ring is 1. The summed E-state index contributed by atoms with van der Waals surface area (Å²) < 4.78 is 2.04. The number of imidazole rings is 1. The lowest BCUT2D eigenvalue weighted by atomic mass is 9.49. The molecule has 1 aromatic rings. The van der Waals surface area contributed by atoms with E-state index in [2.05, 4.69) is 6.58 Å². The largest absolute Gasteiger partial charge is 0.384 e. The molecule has 19 heavy (non-hydrogen) atoms. The second-order valence-corrected chi connectivity index (χ2v) is 7.12. The van der Waals surface area contributed by atoms with Gasteiger partial charge in [-0.15, -0.1) is 6.58 Å². The molecule has 4 fully saturated rings. The highest BCUT2D eigenvalue weighted by Crippen LogP contribution is 2.61. The van der Waals surface area contributed by atoms with Crippen LogP contribution >= 0.6 is 0 Å². The minimum Gasteiger partial charge on any atom is -0.384 e. The molecule has 102 valence electrons. The fraction of sp³-hybridized carbons (Fsp3) is 0.688. The normalized spacial score (nSPS) is 39.7. The van der Waals surface area contributed by atoms with Gasteiger partial charge in [0.2, 0.25) is 0 Å². The van der Waals surface area contributed by atoms with Crippen molar-refractivity contribution in [3.8, 4) is 0 Å². The molecule has 0 unspecified atom stereocenters. The van der Waals surface area contributed by atoms with E-state index in [1.54, 1.807) is 0 Å². The number of anilines is 1. The van der Waals surface area contributed by atoms with E-state index < -0.39 is 0 Å². The SMILES string of the molecule is C=CCn1cnc(C23CC4CC(CC(C4)C2)C3)c1N. The molecular formula is C16H23N3. The first-order valence-electron chi connectivity index (χ1n) is 7.62. The molecule has 2 N–H and O–H groups in total. The second kappa shape index (κ2) is 3.87. The highest BCUT2D eigenvalue weighted by Gasteiger charge is 2.53. The van der Waals surface area contributed by atoms with Crippen molar-refractivity contribution in [3.05, 3.63) is 24.7 Å². The van der Waals surface area contributed by atoms with Crippen LogP contribution in [0.25, 0.3) is 0 Å². The minimum absolute atomic E-state index is 0.311. The maximum atomic E-state index is 6.36. The zero-order valence-electron chi connectivity index (χ0n) is 11.5. The average Bonchev–Trinajstić information content (AvgIpc) is 2.70. The topological polar surface area (TPSA) is 43.8 Å². The summed E-state index contributed by atoms with van der Waals surface area (Å²) in [6, 6.07) is 0. The molecule has 0 spiro atoms. The molecule has 0 amide bonds. The van der Waals surface area contributed by atoms with Crippen molar-refractivity contribution in [2.24, 2.45) is 17.8 Å². The molecule has 5 rings (SSSR count). The summed E-state index contributed by atoms with van der Waals surface area (Å²) in [5.74, 6) is 3.71. The lowest BCUT2D eigenvalue weighted by molar-refractivity contribution is -0.00667. The third-order valence-corrected chi connectivity index (χ3v) is 5.74. The van der Waals surface area contributed by atoms with Crippen molar-refractivity contribution in [2.45, 2.75) is 50.5 Å². The smallest absolute Gasteiger partial charge is 0.127 e. The van der Waals surface area contributed by atoms with Crippen LogP contribution in [0.5, 0.6) is 0 Å². The minimum atomic E-state index is 0.311. The van der Waals surface area contributed by atoms with Crippen LogP contribution < -0.4 is 5.73 Å². The molecule has 4 aliphatic rings. The summed E-state index contributed by atoms with van der Waals surface area (Å²) in [5.41, 5.74) is 7.88. The Morgan fingerprint density at radius 3 is 2.37 bits per heavy atom. The molecule has 0 radical (unpaired) electrons. The van der Waals surface area contributed by atoms with Crippen molar-refractivity contribution in [2.75, 3.05) is 5.73 Å². The van der Waals surface area contributed by atoms with Gasteiger partial charge < -0.3 is 10.3 Å². The number of aromatic nitrogens is 2. The predicted molar refractivity (Wildman–Crippen MR) is 76.7 cm³/mol. The van der Waals surface area contributed by atoms with E-state index in [4.69, 9.17) is 10.7 Å². The van der Waals surface area contributed by atoms with Crippen molar-refractivity contribution >= 4 is 5.82 Å². The van der Waals surface area contributed by atoms with Gasteiger partial charge in [-0.05, 0) is 56.3 Å². The van der Waals surface area contributed by atoms with Crippen LogP contribution in [0.15, 0.2) is 19.0 Å². The maximum absolute atomic E-state index is 6.36. The van der Waals surface area contributed by atoms with E-state index in [-0.39, 0.29) is 0 Å². The van der Waals surface area contributed by atoms with Gasteiger partial charge in [-0.3, -0.25) is 0 Å². The Hall–Kier alpha value is -1.25. The van der Waals surface area contributed by atoms with E-state index in [0.29, 0.717) is 5.41 Å². The first kappa shape index (κ1) is 11.6. The highest BCUT2D eigenvalue weighted by atomic mass is 15.1. The summed E-state index contributed by atoms with van der Waals surface area (Å²) in [6.07, 6.45) is 12.2. The van der Waals surface area contributed by atoms with Gasteiger partial charge in [0.1, 0.15) is 5.82 Å². The van der Waals surface area contributed by atoms with E-state index in [9.17, 15) is 0 Å². The van der Waals surface area contributed by atoms with Crippen LogP contribution in [0.3, 0.4) is 0 Å². The van der Waals surface area contributed by atoms with Crippen LogP contribution in [0, 0.1) is 17.8 Å². The molecule has 0 atom stereocenters. The van der Waals surface area contributed by atoms with Gasteiger partial charge >= 0.3 is 0 Å². The van der Waals surface area contributed by atoms with E-state index >= 15 is 0 Å². The van der Waals surface area contributed by atoms with Crippen molar-refractivity contribution in [1.82, 2.24) is 9.55 Å². The molecule has 4 bridgehead atoms. The summed E-state index contributed by atoms with van der Waals surface area (Å²) in [4.78, 5) is 4.71. The lowest BCUT2D eigenvalue weighted by Crippen LogP contribution is -2.49. The summed E-state index contributed by atoms with van der Waals surface area (Å²) >= 11 is 0. The van der Waals surface area contributed by atoms with Gasteiger partial charge in [0, 0.05) is 12.0 Å². The summed E-state index contributed by atoms with van der Waals surface area (Å²) in [5, 5.41) is 0. The van der Waals surface area contributed by atoms with Gasteiger partial charge in [-0.25, -0.2) is 4.98 Å². The van der Waals surface area contributed by atoms with Gasteiger partial charge in [-0.2, -0.15) is 0 Å². The van der Waals surface area contributed by atoms with Crippen LogP contribution in [-0.2, 0) is 12.0 Å². The van der Waals surface area contributed by atoms with Crippen molar-refractivity contribution < 1.29 is 0 Å². The molecule has 3 heteroatoms. The van der Waals surface area contributed by atoms with Crippen LogP contribution in [-0.4, -0.2) is 9.55 Å². The highest BCUT2D eigenvalue weighted by molar-refractivity contribution is 5.43. The molecule has 0 aliphatic heterocycles. The van der Waals surface area contributed by atoms with Crippen LogP contribution in [0.2, 0.25) is 0 Å². The molecular weight excluding hydrogens is 234 g/mol. The van der Waals surface area contributed by atoms with Crippen LogP contribution in [0.4, 0.5) is 5.82 Å². The van der Waals surface area contributed by atoms with Gasteiger partial charge in [0.15, 0.2) is 0 Å². The molecule has 3 nitrogen and oxygen atoms in total. The monoisotopic (exact) mass is 257 g/mol. The number of allylic oxidation sites excluding steroid dienone is 1. The maximum Gasteiger partial charge on any atom is 0.127 e. The Morgan fingerprint density at radius 2 is 1.84 bits per heavy atom. The third kappa shape index (κ3) is 1.60. The summed E-state index contributed by atoms with van der Waals surface area (Å²) in [6.45, 7) is 4.56. The fourth-order valence-electron chi connectivity index (χ4n) is 5.49. The third-order valence-electron chi connectivity index (χ3n) is 5.74. The fourth-order valence-corrected chi connectivity index (χ4v) is 5.49. The summed E-state index contributed by atoms with van der Waals surface area (Å²) in [7, 11) is 0. The molecule has 1 aromatic heterocycles. The standard InChI is InChI=1S/C16H23N3/c1-2-3-19-10-18-14(15(19)17)16-7-11-4-12(8-16)6-13(5-11)9-16/h2,10-13H,1,3-9,17H2. The van der Waals surface area contributed by atoms with Gasteiger partial charge in [0.05, 0.1) is 12.0 Å². The number of hydrogen-bond donors (Lipinski definition) is 1. The van der Waals surface area contributed by atoms with Gasteiger partial charge in [-0.1, -0.05) is 6.08 Å². The zero-order chi connectivity index (χ0) is 13.0. The Balaban J connectivity index is 1.73. The van der Waals surface area contributed by atoms with E-state index in [1.165, 1.54) is 44.2 Å². The molecule has 4 aliphatic carbocycles. The number of nitrogens with zero attached hydrogens (tertiary/aromatic N) is 2. The van der Waals surface area contributed by atoms with E-state index in [0.717, 1.165) is 30.1 Å². The van der Waals surface area contributed by atoms with Gasteiger partial charge in [0.25, 0.3) is 0 Å². The first-order valence-corrected chi connectivity index (χ1v) is 7.62. The van der Waals surface area contributed by atoms with E-state index in [1.807, 2.05) is 17.0 Å². The number of rotatable bonds is 3. The Kier molecular flexibility index (Phi) is 2.36. The zero-order valence-corrected chi connectivity index (χ0v) is 11.5. The molecule has 0 aromatic carbocycles. The molecule has 0 saturated heterocycles. The average molecular weight is 257 g/mol. The van der Waals surface area contributed by atoms with Crippen molar-refractivity contribution in [3.63, 3.8) is 0 Å². The number of nitrogens with two attached hydrogens (primary N) is 1. The second-order valence-electron chi connectivity index (χ2n) is 7.12. The lowest BCUT2D eigenvalue weighted by Gasteiger charge is -2.56. The molecule has 4 saturated carbocycles. The van der Waals surface area contributed by atoms with Crippen LogP contribution in [0.1, 0.15) is 44.2 Å². The number of hydrogen-bond acceptors (Lipinski definition) is 2. The Morgan fingerprint density at radius 1 is 1.26 bits per heavy atom.